The van der Waals surface area contributed by atoms with Crippen molar-refractivity contribution in [3.05, 3.63) is 53.4 Å². The molecule has 33 heavy (non-hydrogen) atoms. The highest BCUT2D eigenvalue weighted by Gasteiger charge is 2.35. The molecular weight excluding hydrogens is 468 g/mol. The number of hydrogen-bond acceptors (Lipinski definition) is 7. The van der Waals surface area contributed by atoms with Crippen LogP contribution < -0.4 is 10.1 Å². The molecule has 3 aromatic rings. The zero-order valence-electron chi connectivity index (χ0n) is 18.1. The van der Waals surface area contributed by atoms with Crippen molar-refractivity contribution in [2.45, 2.75) is 24.7 Å². The fourth-order valence-corrected chi connectivity index (χ4v) is 5.78. The predicted octanol–water partition coefficient (Wildman–Crippen LogP) is 3.75. The second-order valence-electron chi connectivity index (χ2n) is 7.67. The number of anilines is 1. The monoisotopic (exact) mass is 490 g/mol. The van der Waals surface area contributed by atoms with Crippen molar-refractivity contribution >= 4 is 33.2 Å². The molecule has 9 nitrogen and oxygen atoms in total. The van der Waals surface area contributed by atoms with Gasteiger partial charge in [-0.2, -0.15) is 9.29 Å². The summed E-state index contributed by atoms with van der Waals surface area (Å²) in [5, 5.41) is 6.77. The van der Waals surface area contributed by atoms with Gasteiger partial charge >= 0.3 is 0 Å². The number of benzene rings is 2. The molecule has 0 aliphatic carbocycles. The molecule has 1 aliphatic heterocycles. The maximum Gasteiger partial charge on any atom is 0.244 e. The summed E-state index contributed by atoms with van der Waals surface area (Å²) < 4.78 is 38.5. The highest BCUT2D eigenvalue weighted by molar-refractivity contribution is 7.89. The van der Waals surface area contributed by atoms with E-state index in [4.69, 9.17) is 20.9 Å². The molecule has 1 amide bonds. The van der Waals surface area contributed by atoms with Gasteiger partial charge in [0.15, 0.2) is 0 Å². The first-order valence-corrected chi connectivity index (χ1v) is 12.2. The summed E-state index contributed by atoms with van der Waals surface area (Å²) in [5.74, 6) is 0.394. The molecule has 1 atom stereocenters. The van der Waals surface area contributed by atoms with Gasteiger partial charge in [-0.15, -0.1) is 0 Å². The van der Waals surface area contributed by atoms with Crippen LogP contribution in [0.4, 0.5) is 5.69 Å². The first-order chi connectivity index (χ1) is 15.8. The smallest absolute Gasteiger partial charge is 0.244 e. The zero-order valence-corrected chi connectivity index (χ0v) is 19.7. The summed E-state index contributed by atoms with van der Waals surface area (Å²) in [6.07, 6.45) is 1.12. The van der Waals surface area contributed by atoms with Gasteiger partial charge in [0.2, 0.25) is 27.6 Å². The maximum atomic E-state index is 13.4. The van der Waals surface area contributed by atoms with Crippen LogP contribution in [0.25, 0.3) is 11.4 Å². The van der Waals surface area contributed by atoms with E-state index >= 15 is 0 Å². The number of methoxy groups -OCH3 is 1. The molecule has 11 heteroatoms. The molecule has 1 fully saturated rings. The van der Waals surface area contributed by atoms with E-state index in [9.17, 15) is 13.2 Å². The molecule has 4 rings (SSSR count). The van der Waals surface area contributed by atoms with Crippen LogP contribution >= 0.6 is 11.6 Å². The number of aromatic nitrogens is 2. The minimum Gasteiger partial charge on any atom is -0.495 e. The first kappa shape index (κ1) is 23.2. The number of ether oxygens (including phenoxy) is 1. The highest BCUT2D eigenvalue weighted by Crippen LogP contribution is 2.32. The molecule has 1 aromatic heterocycles. The molecule has 174 valence electrons. The van der Waals surface area contributed by atoms with Gasteiger partial charge in [0, 0.05) is 25.6 Å². The number of amides is 1. The average Bonchev–Trinajstić information content (AvgIpc) is 3.26. The van der Waals surface area contributed by atoms with Gasteiger partial charge in [0.25, 0.3) is 0 Å². The molecule has 1 saturated heterocycles. The first-order valence-electron chi connectivity index (χ1n) is 10.3. The number of para-hydroxylation sites is 2. The second-order valence-corrected chi connectivity index (χ2v) is 9.99. The van der Waals surface area contributed by atoms with Gasteiger partial charge in [-0.25, -0.2) is 8.42 Å². The zero-order chi connectivity index (χ0) is 23.6. The Morgan fingerprint density at radius 3 is 2.79 bits per heavy atom. The molecule has 2 heterocycles. The van der Waals surface area contributed by atoms with Crippen LogP contribution in [-0.2, 0) is 14.8 Å². The summed E-state index contributed by atoms with van der Waals surface area (Å²) in [6, 6.07) is 11.6. The Morgan fingerprint density at radius 1 is 1.27 bits per heavy atom. The normalized spacial score (nSPS) is 17.0. The van der Waals surface area contributed by atoms with Gasteiger partial charge < -0.3 is 14.6 Å². The molecule has 1 aliphatic rings. The number of carbonyl (C=O) groups is 1. The molecular formula is C22H23ClN4O5S. The Labute approximate surface area is 196 Å². The lowest BCUT2D eigenvalue weighted by atomic mass is 9.98. The van der Waals surface area contributed by atoms with E-state index in [-0.39, 0.29) is 28.2 Å². The van der Waals surface area contributed by atoms with Crippen LogP contribution in [0.2, 0.25) is 5.02 Å². The second kappa shape index (κ2) is 9.50. The van der Waals surface area contributed by atoms with Crippen molar-refractivity contribution in [2.75, 3.05) is 25.5 Å². The van der Waals surface area contributed by atoms with Crippen molar-refractivity contribution in [3.63, 3.8) is 0 Å². The van der Waals surface area contributed by atoms with Crippen molar-refractivity contribution in [1.29, 1.82) is 0 Å². The third-order valence-electron chi connectivity index (χ3n) is 5.45. The Kier molecular flexibility index (Phi) is 6.68. The van der Waals surface area contributed by atoms with E-state index < -0.39 is 15.9 Å². The fraction of sp³-hybridized carbons (Fsp3) is 0.318. The van der Waals surface area contributed by atoms with Gasteiger partial charge in [0.05, 0.1) is 23.7 Å². The number of halogens is 1. The Hall–Kier alpha value is -2.95. The van der Waals surface area contributed by atoms with Crippen LogP contribution in [0.5, 0.6) is 5.75 Å². The molecule has 0 saturated carbocycles. The van der Waals surface area contributed by atoms with E-state index in [0.717, 1.165) is 0 Å². The van der Waals surface area contributed by atoms with Crippen LogP contribution in [0, 0.1) is 12.8 Å². The van der Waals surface area contributed by atoms with Crippen LogP contribution in [-0.4, -0.2) is 49.0 Å². The third-order valence-corrected chi connectivity index (χ3v) is 7.80. The highest BCUT2D eigenvalue weighted by atomic mass is 35.5. The lowest BCUT2D eigenvalue weighted by Gasteiger charge is -2.31. The molecule has 1 N–H and O–H groups in total. The van der Waals surface area contributed by atoms with Gasteiger partial charge in [0.1, 0.15) is 10.6 Å². The average molecular weight is 491 g/mol. The van der Waals surface area contributed by atoms with Crippen LogP contribution in [0.15, 0.2) is 51.9 Å². The van der Waals surface area contributed by atoms with E-state index in [1.807, 2.05) is 0 Å². The third kappa shape index (κ3) is 4.87. The van der Waals surface area contributed by atoms with Crippen molar-refractivity contribution < 1.29 is 22.5 Å². The fourth-order valence-electron chi connectivity index (χ4n) is 3.75. The number of sulfonamides is 1. The minimum absolute atomic E-state index is 0.0468. The summed E-state index contributed by atoms with van der Waals surface area (Å²) in [6.45, 7) is 1.99. The Balaban J connectivity index is 1.55. The molecule has 2 aromatic carbocycles. The molecule has 0 spiro atoms. The number of hydrogen-bond donors (Lipinski definition) is 1. The largest absolute Gasteiger partial charge is 0.495 e. The van der Waals surface area contributed by atoms with Crippen LogP contribution in [0.1, 0.15) is 18.7 Å². The number of nitrogens with one attached hydrogen (secondary N) is 1. The number of piperidine rings is 1. The Bertz CT molecular complexity index is 1280. The van der Waals surface area contributed by atoms with Crippen LogP contribution in [0.3, 0.4) is 0 Å². The standard InChI is InChI=1S/C22H23ClN4O5S/c1-14-24-21(26-32-14)15-9-10-17(23)20(12-15)33(29,30)27-11-5-6-16(13-27)22(28)25-18-7-3-4-8-19(18)31-2/h3-4,7-10,12,16H,5-6,11,13H2,1-2H3,(H,25,28). The Morgan fingerprint density at radius 2 is 2.06 bits per heavy atom. The van der Waals surface area contributed by atoms with Crippen molar-refractivity contribution in [1.82, 2.24) is 14.4 Å². The minimum atomic E-state index is -3.96. The van der Waals surface area contributed by atoms with Crippen molar-refractivity contribution in [2.24, 2.45) is 5.92 Å². The summed E-state index contributed by atoms with van der Waals surface area (Å²) in [4.78, 5) is 17.0. The summed E-state index contributed by atoms with van der Waals surface area (Å²) in [7, 11) is -2.44. The summed E-state index contributed by atoms with van der Waals surface area (Å²) in [5.41, 5.74) is 1.01. The van der Waals surface area contributed by atoms with Gasteiger partial charge in [-0.05, 0) is 43.2 Å². The topological polar surface area (TPSA) is 115 Å². The molecule has 0 bridgehead atoms. The van der Waals surface area contributed by atoms with Crippen molar-refractivity contribution in [3.8, 4) is 17.1 Å². The SMILES string of the molecule is COc1ccccc1NC(=O)C1CCCN(S(=O)(=O)c2cc(-c3noc(C)n3)ccc2Cl)C1. The number of nitrogens with zero attached hydrogens (tertiary/aromatic N) is 3. The maximum absolute atomic E-state index is 13.4. The quantitative estimate of drug-likeness (QED) is 0.559. The summed E-state index contributed by atoms with van der Waals surface area (Å²) >= 11 is 6.27. The van der Waals surface area contributed by atoms with E-state index in [1.165, 1.54) is 23.5 Å². The van der Waals surface area contributed by atoms with Gasteiger partial charge in [-0.3, -0.25) is 4.79 Å². The lowest BCUT2D eigenvalue weighted by molar-refractivity contribution is -0.120. The van der Waals surface area contributed by atoms with E-state index in [1.54, 1.807) is 37.3 Å². The van der Waals surface area contributed by atoms with Gasteiger partial charge in [-0.1, -0.05) is 28.9 Å². The lowest BCUT2D eigenvalue weighted by Crippen LogP contribution is -2.43. The molecule has 1 unspecified atom stereocenters. The number of rotatable bonds is 6. The number of aryl methyl sites for hydroxylation is 1. The number of carbonyl (C=O) groups excluding carboxylic acids is 1. The van der Waals surface area contributed by atoms with E-state index in [0.29, 0.717) is 42.3 Å². The van der Waals surface area contributed by atoms with E-state index in [2.05, 4.69) is 15.5 Å². The molecule has 0 radical (unpaired) electrons. The predicted molar refractivity (Wildman–Crippen MR) is 123 cm³/mol.